The van der Waals surface area contributed by atoms with Gasteiger partial charge in [-0.2, -0.15) is 0 Å². The highest BCUT2D eigenvalue weighted by Gasteiger charge is 2.29. The van der Waals surface area contributed by atoms with Gasteiger partial charge < -0.3 is 15.1 Å². The van der Waals surface area contributed by atoms with Crippen molar-refractivity contribution in [3.05, 3.63) is 58.1 Å². The number of aliphatic imine (C=N–C) groups is 1. The number of fused-ring (bicyclic) bond motifs is 1. The summed E-state index contributed by atoms with van der Waals surface area (Å²) in [6.07, 6.45) is 5.70. The average molecular weight is 523 g/mol. The standard InChI is InChI=1S/C31H43ClN4O/c1-7-36(26-14-12-25(13-15-26)35(5)6)30-18-24(32)17-27(22(30)4)31(37)33-19-29-21(3)20(2)16-23-10-8-9-11-28(23)34-29/h8-11,17-18,20-21,25-26H,7,12-16,19H2,1-6H3,(H,33,37)/t20-,21?,25?,26?/m1/s1. The maximum absolute atomic E-state index is 13.5. The number of carbonyl (C=O) groups excluding carboxylic acids is 1. The predicted octanol–water partition coefficient (Wildman–Crippen LogP) is 6.68. The first kappa shape index (κ1) is 27.7. The van der Waals surface area contributed by atoms with Crippen molar-refractivity contribution >= 4 is 34.6 Å². The summed E-state index contributed by atoms with van der Waals surface area (Å²) in [7, 11) is 4.35. The van der Waals surface area contributed by atoms with Crippen molar-refractivity contribution in [3.8, 4) is 0 Å². The van der Waals surface area contributed by atoms with Gasteiger partial charge >= 0.3 is 0 Å². The lowest BCUT2D eigenvalue weighted by Gasteiger charge is -2.40. The van der Waals surface area contributed by atoms with Crippen LogP contribution in [0.25, 0.3) is 0 Å². The van der Waals surface area contributed by atoms with Crippen LogP contribution in [0.4, 0.5) is 11.4 Å². The van der Waals surface area contributed by atoms with Gasteiger partial charge in [0.05, 0.1) is 12.2 Å². The van der Waals surface area contributed by atoms with Gasteiger partial charge in [-0.05, 0) is 101 Å². The van der Waals surface area contributed by atoms with E-state index >= 15 is 0 Å². The molecule has 200 valence electrons. The highest BCUT2D eigenvalue weighted by atomic mass is 35.5. The van der Waals surface area contributed by atoms with Crippen molar-refractivity contribution in [2.24, 2.45) is 16.8 Å². The van der Waals surface area contributed by atoms with E-state index in [1.807, 2.05) is 18.2 Å². The minimum Gasteiger partial charge on any atom is -0.369 e. The summed E-state index contributed by atoms with van der Waals surface area (Å²) < 4.78 is 0. The Morgan fingerprint density at radius 1 is 1.08 bits per heavy atom. The molecule has 37 heavy (non-hydrogen) atoms. The zero-order chi connectivity index (χ0) is 26.7. The molecule has 1 unspecified atom stereocenters. The summed E-state index contributed by atoms with van der Waals surface area (Å²) in [6, 6.07) is 13.3. The average Bonchev–Trinajstić information content (AvgIpc) is 3.00. The van der Waals surface area contributed by atoms with Crippen molar-refractivity contribution in [2.75, 3.05) is 32.1 Å². The first-order valence-corrected chi connectivity index (χ1v) is 14.2. The summed E-state index contributed by atoms with van der Waals surface area (Å²) in [6.45, 7) is 10.1. The molecule has 2 atom stereocenters. The second-order valence-electron chi connectivity index (χ2n) is 11.2. The molecule has 1 fully saturated rings. The molecular formula is C31H43ClN4O. The van der Waals surface area contributed by atoms with Crippen molar-refractivity contribution in [1.82, 2.24) is 10.2 Å². The van der Waals surface area contributed by atoms with Crippen LogP contribution in [0.5, 0.6) is 0 Å². The molecule has 4 rings (SSSR count). The van der Waals surface area contributed by atoms with Crippen molar-refractivity contribution < 1.29 is 4.79 Å². The van der Waals surface area contributed by atoms with E-state index in [0.29, 0.717) is 35.1 Å². The van der Waals surface area contributed by atoms with E-state index in [0.717, 1.165) is 48.5 Å². The molecule has 1 saturated carbocycles. The summed E-state index contributed by atoms with van der Waals surface area (Å²) in [5.41, 5.74) is 6.05. The van der Waals surface area contributed by atoms with E-state index in [-0.39, 0.29) is 11.8 Å². The monoisotopic (exact) mass is 522 g/mol. The van der Waals surface area contributed by atoms with Gasteiger partial charge in [-0.3, -0.25) is 9.79 Å². The number of nitrogens with one attached hydrogen (secondary N) is 1. The van der Waals surface area contributed by atoms with E-state index < -0.39 is 0 Å². The number of halogens is 1. The van der Waals surface area contributed by atoms with Crippen LogP contribution < -0.4 is 10.2 Å². The fourth-order valence-corrected chi connectivity index (χ4v) is 6.29. The van der Waals surface area contributed by atoms with Crippen LogP contribution in [0, 0.1) is 18.8 Å². The highest BCUT2D eigenvalue weighted by Crippen LogP contribution is 2.34. The van der Waals surface area contributed by atoms with Gasteiger partial charge in [0.2, 0.25) is 0 Å². The molecular weight excluding hydrogens is 480 g/mol. The third-order valence-electron chi connectivity index (χ3n) is 8.68. The summed E-state index contributed by atoms with van der Waals surface area (Å²) in [5.74, 6) is 0.657. The zero-order valence-corrected chi connectivity index (χ0v) is 24.1. The van der Waals surface area contributed by atoms with Crippen molar-refractivity contribution in [3.63, 3.8) is 0 Å². The lowest BCUT2D eigenvalue weighted by Crippen LogP contribution is -2.42. The molecule has 1 heterocycles. The SMILES string of the molecule is CCN(c1cc(Cl)cc(C(=O)NCC2=Nc3ccccc3C[C@@H](C)C2C)c1C)C1CCC(N(C)C)CC1. The van der Waals surface area contributed by atoms with Crippen LogP contribution in [0.3, 0.4) is 0 Å². The predicted molar refractivity (Wildman–Crippen MR) is 157 cm³/mol. The molecule has 5 nitrogen and oxygen atoms in total. The van der Waals surface area contributed by atoms with E-state index in [2.05, 4.69) is 75.1 Å². The normalized spacial score (nSPS) is 23.7. The second-order valence-corrected chi connectivity index (χ2v) is 11.6. The fourth-order valence-electron chi connectivity index (χ4n) is 6.08. The molecule has 1 N–H and O–H groups in total. The smallest absolute Gasteiger partial charge is 0.251 e. The Balaban J connectivity index is 1.53. The topological polar surface area (TPSA) is 47.9 Å². The lowest BCUT2D eigenvalue weighted by atomic mass is 9.87. The Morgan fingerprint density at radius 2 is 1.76 bits per heavy atom. The summed E-state index contributed by atoms with van der Waals surface area (Å²) in [4.78, 5) is 23.3. The number of amides is 1. The Labute approximate surface area is 228 Å². The first-order valence-electron chi connectivity index (χ1n) is 13.9. The number of hydrogen-bond acceptors (Lipinski definition) is 4. The largest absolute Gasteiger partial charge is 0.369 e. The van der Waals surface area contributed by atoms with E-state index in [9.17, 15) is 4.79 Å². The van der Waals surface area contributed by atoms with E-state index in [1.54, 1.807) is 0 Å². The molecule has 0 bridgehead atoms. The Bertz CT molecular complexity index is 1140. The molecule has 2 aromatic carbocycles. The van der Waals surface area contributed by atoms with Crippen LogP contribution in [0.2, 0.25) is 5.02 Å². The van der Waals surface area contributed by atoms with Crippen LogP contribution in [0.1, 0.15) is 67.9 Å². The van der Waals surface area contributed by atoms with E-state index in [1.165, 1.54) is 18.4 Å². The third-order valence-corrected chi connectivity index (χ3v) is 8.90. The molecule has 6 heteroatoms. The van der Waals surface area contributed by atoms with Crippen molar-refractivity contribution in [2.45, 2.75) is 71.9 Å². The molecule has 0 spiro atoms. The van der Waals surface area contributed by atoms with Gasteiger partial charge in [-0.15, -0.1) is 0 Å². The van der Waals surface area contributed by atoms with Gasteiger partial charge in [0, 0.05) is 40.6 Å². The van der Waals surface area contributed by atoms with Crippen LogP contribution >= 0.6 is 11.6 Å². The van der Waals surface area contributed by atoms with Crippen LogP contribution in [-0.2, 0) is 6.42 Å². The lowest BCUT2D eigenvalue weighted by molar-refractivity contribution is 0.0958. The Morgan fingerprint density at radius 3 is 2.43 bits per heavy atom. The van der Waals surface area contributed by atoms with Crippen LogP contribution in [-0.4, -0.2) is 55.8 Å². The third kappa shape index (κ3) is 6.21. The van der Waals surface area contributed by atoms with Gasteiger partial charge in [0.15, 0.2) is 0 Å². The Hall–Kier alpha value is -2.37. The number of carbonyl (C=O) groups is 1. The zero-order valence-electron chi connectivity index (χ0n) is 23.4. The summed E-state index contributed by atoms with van der Waals surface area (Å²) >= 11 is 6.60. The number of nitrogens with zero attached hydrogens (tertiary/aromatic N) is 3. The number of benzene rings is 2. The quantitative estimate of drug-likeness (QED) is 0.441. The minimum absolute atomic E-state index is 0.0892. The first-order chi connectivity index (χ1) is 17.7. The minimum atomic E-state index is -0.0892. The molecule has 0 saturated heterocycles. The summed E-state index contributed by atoms with van der Waals surface area (Å²) in [5, 5.41) is 3.78. The highest BCUT2D eigenvalue weighted by molar-refractivity contribution is 6.31. The molecule has 1 amide bonds. The molecule has 0 aromatic heterocycles. The maximum atomic E-state index is 13.5. The van der Waals surface area contributed by atoms with Crippen molar-refractivity contribution in [1.29, 1.82) is 0 Å². The molecule has 1 aliphatic carbocycles. The van der Waals surface area contributed by atoms with Crippen LogP contribution in [0.15, 0.2) is 41.4 Å². The van der Waals surface area contributed by atoms with Gasteiger partial charge in [0.1, 0.15) is 0 Å². The molecule has 0 radical (unpaired) electrons. The van der Waals surface area contributed by atoms with Gasteiger partial charge in [0.25, 0.3) is 5.91 Å². The number of rotatable bonds is 7. The Kier molecular flexibility index (Phi) is 8.97. The number of hydrogen-bond donors (Lipinski definition) is 1. The molecule has 2 aliphatic rings. The molecule has 1 aliphatic heterocycles. The number of anilines is 1. The van der Waals surface area contributed by atoms with Gasteiger partial charge in [-0.1, -0.05) is 43.6 Å². The second kappa shape index (κ2) is 12.0. The van der Waals surface area contributed by atoms with E-state index in [4.69, 9.17) is 16.6 Å². The number of para-hydroxylation sites is 1. The maximum Gasteiger partial charge on any atom is 0.251 e. The van der Waals surface area contributed by atoms with Gasteiger partial charge in [-0.25, -0.2) is 0 Å². The molecule has 2 aromatic rings. The fraction of sp³-hybridized carbons (Fsp3) is 0.548.